The number of nitrogens with one attached hydrogen (secondary N) is 2. The van der Waals surface area contributed by atoms with Crippen LogP contribution in [0.3, 0.4) is 0 Å². The molecule has 174 valence electrons. The van der Waals surface area contributed by atoms with Crippen molar-refractivity contribution in [3.05, 3.63) is 125 Å². The Morgan fingerprint density at radius 2 is 1.46 bits per heavy atom. The highest BCUT2D eigenvalue weighted by Crippen LogP contribution is 2.31. The first-order valence-corrected chi connectivity index (χ1v) is 11.4. The summed E-state index contributed by atoms with van der Waals surface area (Å²) in [6.45, 7) is 0.388. The summed E-state index contributed by atoms with van der Waals surface area (Å²) in [5.41, 5.74) is 7.69. The second kappa shape index (κ2) is 9.91. The van der Waals surface area contributed by atoms with Gasteiger partial charge in [-0.3, -0.25) is 5.43 Å². The zero-order valence-corrected chi connectivity index (χ0v) is 19.3. The number of hydrogen-bond donors (Lipinski definition) is 2. The van der Waals surface area contributed by atoms with E-state index >= 15 is 0 Å². The molecule has 0 bridgehead atoms. The molecule has 4 aromatic rings. The molecule has 0 aliphatic carbocycles. The number of anilines is 1. The highest BCUT2D eigenvalue weighted by atomic mass is 35.5. The summed E-state index contributed by atoms with van der Waals surface area (Å²) < 4.78 is 18.8. The van der Waals surface area contributed by atoms with E-state index in [1.54, 1.807) is 36.4 Å². The van der Waals surface area contributed by atoms with E-state index in [1.165, 1.54) is 17.1 Å². The maximum absolute atomic E-state index is 13.1. The monoisotopic (exact) mass is 485 g/mol. The van der Waals surface area contributed by atoms with E-state index in [0.717, 1.165) is 22.4 Å². The van der Waals surface area contributed by atoms with E-state index in [2.05, 4.69) is 10.7 Å². The second-order valence-electron chi connectivity index (χ2n) is 7.93. The molecule has 0 radical (unpaired) electrons. The summed E-state index contributed by atoms with van der Waals surface area (Å²) in [6, 6.07) is 29.9. The first kappa shape index (κ1) is 22.5. The van der Waals surface area contributed by atoms with Gasteiger partial charge in [-0.05, 0) is 71.8 Å². The minimum Gasteiger partial charge on any atom is -0.457 e. The zero-order chi connectivity index (χ0) is 24.2. The highest BCUT2D eigenvalue weighted by molar-refractivity contribution is 6.30. The number of hydrazine groups is 1. The molecule has 35 heavy (non-hydrogen) atoms. The van der Waals surface area contributed by atoms with Crippen LogP contribution in [0.4, 0.5) is 14.9 Å². The first-order chi connectivity index (χ1) is 17.0. The van der Waals surface area contributed by atoms with Crippen LogP contribution in [-0.4, -0.2) is 17.6 Å². The number of carbonyl (C=O) groups excluding carboxylic acids is 1. The van der Waals surface area contributed by atoms with Crippen LogP contribution < -0.4 is 15.5 Å². The molecule has 5 rings (SSSR count). The number of rotatable bonds is 5. The molecule has 4 aromatic carbocycles. The molecule has 0 atom stereocenters. The molecule has 2 N–H and O–H groups in total. The minimum absolute atomic E-state index is 0.297. The van der Waals surface area contributed by atoms with Gasteiger partial charge >= 0.3 is 6.03 Å². The van der Waals surface area contributed by atoms with Crippen molar-refractivity contribution < 1.29 is 13.9 Å². The Bertz CT molecular complexity index is 1360. The number of nitrogens with zero attached hydrogens (tertiary/aromatic N) is 1. The summed E-state index contributed by atoms with van der Waals surface area (Å²) in [6.07, 6.45) is 0. The molecule has 7 heteroatoms. The molecule has 5 nitrogen and oxygen atoms in total. The Kier molecular flexibility index (Phi) is 6.37. The van der Waals surface area contributed by atoms with Crippen molar-refractivity contribution >= 4 is 34.6 Å². The standard InChI is InChI=1S/C28H21ClFN3O2/c29-21-8-6-20(7-9-21)27-26(19-4-2-1-3-5-19)18-33(32-27)28(34)31-23-12-16-25(17-13-23)35-24-14-10-22(30)11-15-24/h1-17,32H,18H2,(H,31,34). The SMILES string of the molecule is O=C(Nc1ccc(Oc2ccc(F)cc2)cc1)N1CC(c2ccccc2)=C(c2ccc(Cl)cc2)N1. The normalized spacial score (nSPS) is 12.9. The van der Waals surface area contributed by atoms with E-state index in [9.17, 15) is 9.18 Å². The van der Waals surface area contributed by atoms with Crippen molar-refractivity contribution in [3.8, 4) is 11.5 Å². The van der Waals surface area contributed by atoms with Gasteiger partial charge in [0.2, 0.25) is 0 Å². The molecular weight excluding hydrogens is 465 g/mol. The van der Waals surface area contributed by atoms with Crippen LogP contribution >= 0.6 is 11.6 Å². The summed E-state index contributed by atoms with van der Waals surface area (Å²) >= 11 is 6.07. The molecule has 1 heterocycles. The first-order valence-electron chi connectivity index (χ1n) is 11.0. The summed E-state index contributed by atoms with van der Waals surface area (Å²) in [4.78, 5) is 13.1. The molecule has 2 amide bonds. The fourth-order valence-corrected chi connectivity index (χ4v) is 3.89. The van der Waals surface area contributed by atoms with E-state index in [4.69, 9.17) is 16.3 Å². The van der Waals surface area contributed by atoms with E-state index in [0.29, 0.717) is 28.8 Å². The van der Waals surface area contributed by atoms with Gasteiger partial charge in [0.1, 0.15) is 17.3 Å². The predicted molar refractivity (Wildman–Crippen MR) is 136 cm³/mol. The molecule has 1 aliphatic rings. The predicted octanol–water partition coefficient (Wildman–Crippen LogP) is 7.19. The Morgan fingerprint density at radius 1 is 0.829 bits per heavy atom. The molecule has 0 aromatic heterocycles. The molecule has 0 unspecified atom stereocenters. The Hall–Kier alpha value is -4.29. The van der Waals surface area contributed by atoms with Crippen molar-refractivity contribution in [2.24, 2.45) is 0 Å². The molecule has 1 aliphatic heterocycles. The zero-order valence-electron chi connectivity index (χ0n) is 18.5. The third-order valence-corrected chi connectivity index (χ3v) is 5.77. The van der Waals surface area contributed by atoms with Crippen molar-refractivity contribution in [2.75, 3.05) is 11.9 Å². The van der Waals surface area contributed by atoms with Crippen molar-refractivity contribution in [1.29, 1.82) is 0 Å². The second-order valence-corrected chi connectivity index (χ2v) is 8.37. The average Bonchev–Trinajstić information content (AvgIpc) is 3.33. The lowest BCUT2D eigenvalue weighted by molar-refractivity contribution is 0.210. The van der Waals surface area contributed by atoms with Crippen molar-refractivity contribution in [2.45, 2.75) is 0 Å². The Morgan fingerprint density at radius 3 is 2.11 bits per heavy atom. The van der Waals surface area contributed by atoms with Crippen molar-refractivity contribution in [3.63, 3.8) is 0 Å². The summed E-state index contributed by atoms with van der Waals surface area (Å²) in [5.74, 6) is 0.778. The largest absolute Gasteiger partial charge is 0.457 e. The van der Waals surface area contributed by atoms with Gasteiger partial charge in [0, 0.05) is 16.3 Å². The van der Waals surface area contributed by atoms with Crippen LogP contribution in [0, 0.1) is 5.82 Å². The Labute approximate surface area is 207 Å². The third-order valence-electron chi connectivity index (χ3n) is 5.52. The van der Waals surface area contributed by atoms with Crippen LogP contribution in [0.1, 0.15) is 11.1 Å². The molecular formula is C28H21ClFN3O2. The molecule has 0 spiro atoms. The van der Waals surface area contributed by atoms with Crippen LogP contribution in [0.5, 0.6) is 11.5 Å². The van der Waals surface area contributed by atoms with Gasteiger partial charge < -0.3 is 10.1 Å². The van der Waals surface area contributed by atoms with Crippen LogP contribution in [0.15, 0.2) is 103 Å². The maximum atomic E-state index is 13.1. The van der Waals surface area contributed by atoms with Gasteiger partial charge in [-0.2, -0.15) is 0 Å². The number of ether oxygens (including phenoxy) is 1. The quantitative estimate of drug-likeness (QED) is 0.314. The summed E-state index contributed by atoms with van der Waals surface area (Å²) in [7, 11) is 0. The van der Waals surface area contributed by atoms with E-state index in [1.807, 2.05) is 54.6 Å². The van der Waals surface area contributed by atoms with Gasteiger partial charge in [0.05, 0.1) is 12.2 Å². The lowest BCUT2D eigenvalue weighted by atomic mass is 10.0. The number of amides is 2. The third kappa shape index (κ3) is 5.28. The number of benzene rings is 4. The van der Waals surface area contributed by atoms with Crippen LogP contribution in [0.25, 0.3) is 11.3 Å². The van der Waals surface area contributed by atoms with Gasteiger partial charge in [-0.25, -0.2) is 14.2 Å². The smallest absolute Gasteiger partial charge is 0.340 e. The molecule has 0 fully saturated rings. The van der Waals surface area contributed by atoms with Gasteiger partial charge in [0.25, 0.3) is 0 Å². The van der Waals surface area contributed by atoms with E-state index in [-0.39, 0.29) is 11.8 Å². The topological polar surface area (TPSA) is 53.6 Å². The van der Waals surface area contributed by atoms with Crippen molar-refractivity contribution in [1.82, 2.24) is 10.4 Å². The maximum Gasteiger partial charge on any atom is 0.340 e. The number of halogens is 2. The fraction of sp³-hybridized carbons (Fsp3) is 0.0357. The average molecular weight is 486 g/mol. The van der Waals surface area contributed by atoms with E-state index < -0.39 is 0 Å². The van der Waals surface area contributed by atoms with Crippen LogP contribution in [-0.2, 0) is 0 Å². The summed E-state index contributed by atoms with van der Waals surface area (Å²) in [5, 5.41) is 5.09. The highest BCUT2D eigenvalue weighted by Gasteiger charge is 2.27. The lowest BCUT2D eigenvalue weighted by Crippen LogP contribution is -2.40. The number of carbonyl (C=O) groups is 1. The number of hydrogen-bond acceptors (Lipinski definition) is 3. The fourth-order valence-electron chi connectivity index (χ4n) is 3.77. The lowest BCUT2D eigenvalue weighted by Gasteiger charge is -2.19. The Balaban J connectivity index is 1.29. The number of urea groups is 1. The minimum atomic E-state index is -0.324. The van der Waals surface area contributed by atoms with Gasteiger partial charge in [-0.15, -0.1) is 0 Å². The van der Waals surface area contributed by atoms with Gasteiger partial charge in [0.15, 0.2) is 0 Å². The van der Waals surface area contributed by atoms with Gasteiger partial charge in [-0.1, -0.05) is 54.1 Å². The molecule has 0 saturated heterocycles. The molecule has 0 saturated carbocycles. The van der Waals surface area contributed by atoms with Crippen LogP contribution in [0.2, 0.25) is 5.02 Å².